The first-order chi connectivity index (χ1) is 8.70. The molecule has 18 heavy (non-hydrogen) atoms. The summed E-state index contributed by atoms with van der Waals surface area (Å²) in [6.07, 6.45) is 0.321. The Morgan fingerprint density at radius 2 is 2.11 bits per heavy atom. The Labute approximate surface area is 105 Å². The number of hydrazine groups is 1. The van der Waals surface area contributed by atoms with E-state index in [-0.39, 0.29) is 6.10 Å². The van der Waals surface area contributed by atoms with Gasteiger partial charge in [0.05, 0.1) is 11.6 Å². The van der Waals surface area contributed by atoms with E-state index in [2.05, 4.69) is 20.7 Å². The summed E-state index contributed by atoms with van der Waals surface area (Å²) in [5, 5.41) is 13.4. The third-order valence-electron chi connectivity index (χ3n) is 2.59. The molecular weight excluding hydrogens is 230 g/mol. The minimum Gasteiger partial charge on any atom is -0.393 e. The van der Waals surface area contributed by atoms with E-state index in [1.807, 2.05) is 24.3 Å². The molecule has 5 N–H and O–H groups in total. The van der Waals surface area contributed by atoms with Crippen molar-refractivity contribution in [2.24, 2.45) is 5.84 Å². The second-order valence-electron chi connectivity index (χ2n) is 4.12. The molecule has 0 saturated heterocycles. The standard InChI is InChI=1S/C12H17N5O/c1-8(18)6-7-14-11-9-4-2-3-5-10(9)15-12(16-11)17-13/h2-5,8,18H,6-7,13H2,1H3,(H2,14,15,16,17). The zero-order chi connectivity index (χ0) is 13.0. The fourth-order valence-electron chi connectivity index (χ4n) is 1.68. The first-order valence-electron chi connectivity index (χ1n) is 5.86. The van der Waals surface area contributed by atoms with Crippen molar-refractivity contribution in [3.05, 3.63) is 24.3 Å². The van der Waals surface area contributed by atoms with Gasteiger partial charge in [0.2, 0.25) is 5.95 Å². The maximum atomic E-state index is 9.24. The van der Waals surface area contributed by atoms with Crippen molar-refractivity contribution in [3.8, 4) is 0 Å². The molecule has 1 atom stereocenters. The van der Waals surface area contributed by atoms with Gasteiger partial charge in [-0.25, -0.2) is 10.8 Å². The van der Waals surface area contributed by atoms with E-state index in [4.69, 9.17) is 5.84 Å². The van der Waals surface area contributed by atoms with Crippen LogP contribution in [0.25, 0.3) is 10.9 Å². The van der Waals surface area contributed by atoms with Crippen molar-refractivity contribution in [2.75, 3.05) is 17.3 Å². The molecule has 96 valence electrons. The van der Waals surface area contributed by atoms with Gasteiger partial charge in [-0.05, 0) is 25.5 Å². The number of nitrogens with zero attached hydrogens (tertiary/aromatic N) is 2. The summed E-state index contributed by atoms with van der Waals surface area (Å²) in [4.78, 5) is 8.54. The molecule has 0 aliphatic heterocycles. The Bertz CT molecular complexity index is 529. The second-order valence-corrected chi connectivity index (χ2v) is 4.12. The molecule has 1 aromatic carbocycles. The van der Waals surface area contributed by atoms with Crippen LogP contribution in [0.4, 0.5) is 11.8 Å². The number of nitrogens with one attached hydrogen (secondary N) is 2. The Balaban J connectivity index is 2.29. The fraction of sp³-hybridized carbons (Fsp3) is 0.333. The zero-order valence-electron chi connectivity index (χ0n) is 10.2. The van der Waals surface area contributed by atoms with Gasteiger partial charge in [0, 0.05) is 11.9 Å². The molecule has 0 fully saturated rings. The van der Waals surface area contributed by atoms with Crippen LogP contribution >= 0.6 is 0 Å². The lowest BCUT2D eigenvalue weighted by molar-refractivity contribution is 0.188. The number of nitrogens with two attached hydrogens (primary N) is 1. The van der Waals surface area contributed by atoms with Gasteiger partial charge < -0.3 is 10.4 Å². The molecule has 6 nitrogen and oxygen atoms in total. The van der Waals surface area contributed by atoms with Gasteiger partial charge in [-0.1, -0.05) is 12.1 Å². The first kappa shape index (κ1) is 12.5. The molecular formula is C12H17N5O. The maximum Gasteiger partial charge on any atom is 0.239 e. The summed E-state index contributed by atoms with van der Waals surface area (Å²) in [5.41, 5.74) is 3.27. The van der Waals surface area contributed by atoms with Crippen molar-refractivity contribution in [2.45, 2.75) is 19.4 Å². The molecule has 6 heteroatoms. The van der Waals surface area contributed by atoms with Gasteiger partial charge >= 0.3 is 0 Å². The van der Waals surface area contributed by atoms with Crippen molar-refractivity contribution in [1.29, 1.82) is 0 Å². The number of fused-ring (bicyclic) bond motifs is 1. The minimum atomic E-state index is -0.335. The zero-order valence-corrected chi connectivity index (χ0v) is 10.2. The van der Waals surface area contributed by atoms with Crippen molar-refractivity contribution >= 4 is 22.7 Å². The third-order valence-corrected chi connectivity index (χ3v) is 2.59. The summed E-state index contributed by atoms with van der Waals surface area (Å²) in [6, 6.07) is 7.69. The van der Waals surface area contributed by atoms with Crippen LogP contribution in [0, 0.1) is 0 Å². The summed E-state index contributed by atoms with van der Waals surface area (Å²) < 4.78 is 0. The number of benzene rings is 1. The van der Waals surface area contributed by atoms with Crippen molar-refractivity contribution in [3.63, 3.8) is 0 Å². The highest BCUT2D eigenvalue weighted by Gasteiger charge is 2.06. The molecule has 0 aliphatic carbocycles. The number of aromatic nitrogens is 2. The lowest BCUT2D eigenvalue weighted by Gasteiger charge is -2.11. The third kappa shape index (κ3) is 2.85. The Hall–Kier alpha value is -1.92. The summed E-state index contributed by atoms with van der Waals surface area (Å²) in [5.74, 6) is 6.43. The van der Waals surface area contributed by atoms with Crippen molar-refractivity contribution in [1.82, 2.24) is 9.97 Å². The quantitative estimate of drug-likeness (QED) is 0.467. The van der Waals surface area contributed by atoms with Gasteiger partial charge in [0.25, 0.3) is 0 Å². The first-order valence-corrected chi connectivity index (χ1v) is 5.86. The Morgan fingerprint density at radius 3 is 2.83 bits per heavy atom. The van der Waals surface area contributed by atoms with Crippen molar-refractivity contribution < 1.29 is 5.11 Å². The lowest BCUT2D eigenvalue weighted by Crippen LogP contribution is -2.14. The topological polar surface area (TPSA) is 96.1 Å². The van der Waals surface area contributed by atoms with E-state index in [9.17, 15) is 5.11 Å². The molecule has 0 radical (unpaired) electrons. The van der Waals surface area contributed by atoms with E-state index >= 15 is 0 Å². The van der Waals surface area contributed by atoms with Gasteiger partial charge in [-0.3, -0.25) is 5.43 Å². The van der Waals surface area contributed by atoms with Crippen LogP contribution in [0.1, 0.15) is 13.3 Å². The van der Waals surface area contributed by atoms with Crippen LogP contribution in [0.15, 0.2) is 24.3 Å². The van der Waals surface area contributed by atoms with Gasteiger partial charge in [0.15, 0.2) is 0 Å². The van der Waals surface area contributed by atoms with Crippen LogP contribution < -0.4 is 16.6 Å². The summed E-state index contributed by atoms with van der Waals surface area (Å²) in [6.45, 7) is 2.40. The normalized spacial score (nSPS) is 12.4. The lowest BCUT2D eigenvalue weighted by atomic mass is 10.2. The predicted molar refractivity (Wildman–Crippen MR) is 72.1 cm³/mol. The molecule has 0 aliphatic rings. The molecule has 1 aromatic heterocycles. The largest absolute Gasteiger partial charge is 0.393 e. The molecule has 1 unspecified atom stereocenters. The molecule has 0 spiro atoms. The smallest absolute Gasteiger partial charge is 0.239 e. The van der Waals surface area contributed by atoms with E-state index < -0.39 is 0 Å². The van der Waals surface area contributed by atoms with Crippen LogP contribution in [-0.4, -0.2) is 27.7 Å². The van der Waals surface area contributed by atoms with E-state index in [0.717, 1.165) is 10.9 Å². The number of hydrogen-bond acceptors (Lipinski definition) is 6. The number of rotatable bonds is 5. The highest BCUT2D eigenvalue weighted by atomic mass is 16.3. The SMILES string of the molecule is CC(O)CCNc1nc(NN)nc2ccccc12. The highest BCUT2D eigenvalue weighted by molar-refractivity contribution is 5.89. The highest BCUT2D eigenvalue weighted by Crippen LogP contribution is 2.21. The van der Waals surface area contributed by atoms with Gasteiger partial charge in [-0.15, -0.1) is 0 Å². The van der Waals surface area contributed by atoms with Gasteiger partial charge in [-0.2, -0.15) is 4.98 Å². The molecule has 2 aromatic rings. The molecule has 2 rings (SSSR count). The fourth-order valence-corrected chi connectivity index (χ4v) is 1.68. The number of para-hydroxylation sites is 1. The summed E-state index contributed by atoms with van der Waals surface area (Å²) >= 11 is 0. The number of anilines is 2. The van der Waals surface area contributed by atoms with Crippen LogP contribution in [-0.2, 0) is 0 Å². The van der Waals surface area contributed by atoms with Crippen LogP contribution in [0.3, 0.4) is 0 Å². The number of hydrogen-bond donors (Lipinski definition) is 4. The second kappa shape index (κ2) is 5.61. The van der Waals surface area contributed by atoms with E-state index in [1.54, 1.807) is 6.92 Å². The van der Waals surface area contributed by atoms with Crippen LogP contribution in [0.5, 0.6) is 0 Å². The van der Waals surface area contributed by atoms with E-state index in [1.165, 1.54) is 0 Å². The Morgan fingerprint density at radius 1 is 1.33 bits per heavy atom. The molecule has 0 amide bonds. The number of aliphatic hydroxyl groups excluding tert-OH is 1. The number of aliphatic hydroxyl groups is 1. The van der Waals surface area contributed by atoms with Crippen LogP contribution in [0.2, 0.25) is 0 Å². The summed E-state index contributed by atoms with van der Waals surface area (Å²) in [7, 11) is 0. The molecule has 1 heterocycles. The minimum absolute atomic E-state index is 0.335. The average Bonchev–Trinajstić information content (AvgIpc) is 2.38. The Kier molecular flexibility index (Phi) is 3.91. The average molecular weight is 247 g/mol. The maximum absolute atomic E-state index is 9.24. The van der Waals surface area contributed by atoms with Gasteiger partial charge in [0.1, 0.15) is 5.82 Å². The molecule has 0 saturated carbocycles. The predicted octanol–water partition coefficient (Wildman–Crippen LogP) is 1.10. The van der Waals surface area contributed by atoms with E-state index in [0.29, 0.717) is 24.7 Å². The monoisotopic (exact) mass is 247 g/mol. The molecule has 0 bridgehead atoms. The number of nitrogen functional groups attached to an aromatic ring is 1.